The maximum Gasteiger partial charge on any atom is 0.223 e. The molecule has 1 aliphatic rings. The van der Waals surface area contributed by atoms with Gasteiger partial charge in [-0.25, -0.2) is 0 Å². The van der Waals surface area contributed by atoms with Crippen molar-refractivity contribution in [1.29, 1.82) is 0 Å². The van der Waals surface area contributed by atoms with Gasteiger partial charge in [0.05, 0.1) is 17.5 Å². The highest BCUT2D eigenvalue weighted by molar-refractivity contribution is 9.10. The summed E-state index contributed by atoms with van der Waals surface area (Å²) in [5.74, 6) is 0.829. The Morgan fingerprint density at radius 1 is 1.36 bits per heavy atom. The lowest BCUT2D eigenvalue weighted by Crippen LogP contribution is -2.40. The van der Waals surface area contributed by atoms with Crippen LogP contribution in [0.1, 0.15) is 37.7 Å². The van der Waals surface area contributed by atoms with Gasteiger partial charge < -0.3 is 15.8 Å². The number of hydrogen-bond donors (Lipinski definition) is 2. The van der Waals surface area contributed by atoms with Gasteiger partial charge in [0.25, 0.3) is 0 Å². The van der Waals surface area contributed by atoms with Gasteiger partial charge in [-0.2, -0.15) is 0 Å². The molecule has 0 aromatic heterocycles. The Kier molecular flexibility index (Phi) is 8.21. The molecule has 1 aliphatic carbocycles. The second-order valence-electron chi connectivity index (χ2n) is 5.71. The van der Waals surface area contributed by atoms with Crippen molar-refractivity contribution in [2.75, 3.05) is 6.61 Å². The van der Waals surface area contributed by atoms with Gasteiger partial charge in [0, 0.05) is 12.1 Å². The number of carbonyl (C=O) groups excluding carboxylic acids is 1. The van der Waals surface area contributed by atoms with E-state index in [9.17, 15) is 4.79 Å². The van der Waals surface area contributed by atoms with Crippen LogP contribution in [0.15, 0.2) is 22.7 Å². The lowest BCUT2D eigenvalue weighted by atomic mass is 9.92. The van der Waals surface area contributed by atoms with E-state index in [1.54, 1.807) is 0 Å². The van der Waals surface area contributed by atoms with Crippen molar-refractivity contribution in [3.05, 3.63) is 28.2 Å². The third-order valence-electron chi connectivity index (χ3n) is 3.81. The van der Waals surface area contributed by atoms with Gasteiger partial charge >= 0.3 is 0 Å². The standard InChI is InChI=1S/C16H23BrN2O2.ClH/c1-11-2-7-15(14(17)10-11)21-9-8-16(20)19-13-5-3-12(18)4-6-13;/h2,7,10,12-13H,3-6,8-9,18H2,1H3,(H,19,20);1H. The largest absolute Gasteiger partial charge is 0.492 e. The predicted molar refractivity (Wildman–Crippen MR) is 94.6 cm³/mol. The molecule has 1 saturated carbocycles. The minimum atomic E-state index is 0. The van der Waals surface area contributed by atoms with E-state index in [0.29, 0.717) is 19.1 Å². The van der Waals surface area contributed by atoms with Crippen LogP contribution in [0.4, 0.5) is 0 Å². The van der Waals surface area contributed by atoms with Crippen LogP contribution < -0.4 is 15.8 Å². The molecule has 3 N–H and O–H groups in total. The van der Waals surface area contributed by atoms with E-state index < -0.39 is 0 Å². The zero-order valence-electron chi connectivity index (χ0n) is 12.8. The zero-order chi connectivity index (χ0) is 15.2. The first-order chi connectivity index (χ1) is 10.0. The molecule has 1 aromatic rings. The summed E-state index contributed by atoms with van der Waals surface area (Å²) in [5, 5.41) is 3.06. The maximum absolute atomic E-state index is 11.9. The van der Waals surface area contributed by atoms with Crippen LogP contribution in [0, 0.1) is 6.92 Å². The number of aryl methyl sites for hydroxylation is 1. The highest BCUT2D eigenvalue weighted by Gasteiger charge is 2.19. The van der Waals surface area contributed by atoms with Gasteiger partial charge in [-0.15, -0.1) is 12.4 Å². The molecule has 0 aliphatic heterocycles. The van der Waals surface area contributed by atoms with Crippen LogP contribution in [0.5, 0.6) is 5.75 Å². The molecule has 0 saturated heterocycles. The van der Waals surface area contributed by atoms with Gasteiger partial charge in [-0.05, 0) is 66.2 Å². The first-order valence-electron chi connectivity index (χ1n) is 7.48. The van der Waals surface area contributed by atoms with Crippen molar-refractivity contribution in [2.45, 2.75) is 51.1 Å². The molecule has 2 rings (SSSR count). The molecule has 4 nitrogen and oxygen atoms in total. The first kappa shape index (κ1) is 19.3. The molecule has 0 unspecified atom stereocenters. The molecular formula is C16H24BrClN2O2. The quantitative estimate of drug-likeness (QED) is 0.809. The van der Waals surface area contributed by atoms with Crippen LogP contribution in [0.25, 0.3) is 0 Å². The lowest BCUT2D eigenvalue weighted by Gasteiger charge is -2.26. The fourth-order valence-electron chi connectivity index (χ4n) is 2.54. The highest BCUT2D eigenvalue weighted by Crippen LogP contribution is 2.25. The number of halogens is 2. The van der Waals surface area contributed by atoms with Crippen molar-refractivity contribution < 1.29 is 9.53 Å². The lowest BCUT2D eigenvalue weighted by molar-refractivity contribution is -0.122. The molecule has 0 spiro atoms. The number of hydrogen-bond acceptors (Lipinski definition) is 3. The summed E-state index contributed by atoms with van der Waals surface area (Å²) in [4.78, 5) is 11.9. The molecule has 1 amide bonds. The number of ether oxygens (including phenoxy) is 1. The van der Waals surface area contributed by atoms with E-state index >= 15 is 0 Å². The summed E-state index contributed by atoms with van der Waals surface area (Å²) in [6.07, 6.45) is 4.34. The van der Waals surface area contributed by atoms with Gasteiger partial charge in [0.2, 0.25) is 5.91 Å². The summed E-state index contributed by atoms with van der Waals surface area (Å²) < 4.78 is 6.56. The van der Waals surface area contributed by atoms with Crippen LogP contribution in [0.2, 0.25) is 0 Å². The van der Waals surface area contributed by atoms with Gasteiger partial charge in [0.1, 0.15) is 5.75 Å². The Bertz CT molecular complexity index is 491. The van der Waals surface area contributed by atoms with Crippen molar-refractivity contribution in [2.24, 2.45) is 5.73 Å². The average Bonchev–Trinajstić information content (AvgIpc) is 2.44. The molecule has 0 heterocycles. The molecule has 124 valence electrons. The molecule has 0 bridgehead atoms. The number of rotatable bonds is 5. The highest BCUT2D eigenvalue weighted by atomic mass is 79.9. The van der Waals surface area contributed by atoms with Crippen molar-refractivity contribution >= 4 is 34.2 Å². The van der Waals surface area contributed by atoms with Crippen LogP contribution in [-0.2, 0) is 4.79 Å². The number of carbonyl (C=O) groups is 1. The molecule has 22 heavy (non-hydrogen) atoms. The van der Waals surface area contributed by atoms with Crippen molar-refractivity contribution in [1.82, 2.24) is 5.32 Å². The van der Waals surface area contributed by atoms with Crippen LogP contribution >= 0.6 is 28.3 Å². The zero-order valence-corrected chi connectivity index (χ0v) is 15.2. The Balaban J connectivity index is 0.00000242. The SMILES string of the molecule is Cc1ccc(OCCC(=O)NC2CCC(N)CC2)c(Br)c1.Cl. The monoisotopic (exact) mass is 390 g/mol. The second-order valence-corrected chi connectivity index (χ2v) is 6.57. The van der Waals surface area contributed by atoms with Crippen LogP contribution in [0.3, 0.4) is 0 Å². The minimum absolute atomic E-state index is 0. The Morgan fingerprint density at radius 3 is 2.68 bits per heavy atom. The molecule has 6 heteroatoms. The third-order valence-corrected chi connectivity index (χ3v) is 4.43. The summed E-state index contributed by atoms with van der Waals surface area (Å²) in [5.41, 5.74) is 7.03. The van der Waals surface area contributed by atoms with E-state index in [1.807, 2.05) is 25.1 Å². The summed E-state index contributed by atoms with van der Waals surface area (Å²) in [7, 11) is 0. The summed E-state index contributed by atoms with van der Waals surface area (Å²) in [6, 6.07) is 6.50. The van der Waals surface area contributed by atoms with Gasteiger partial charge in [0.15, 0.2) is 0 Å². The molecule has 0 atom stereocenters. The maximum atomic E-state index is 11.9. The van der Waals surface area contributed by atoms with Crippen molar-refractivity contribution in [3.63, 3.8) is 0 Å². The fourth-order valence-corrected chi connectivity index (χ4v) is 3.15. The molecule has 1 fully saturated rings. The van der Waals surface area contributed by atoms with Gasteiger partial charge in [-0.1, -0.05) is 6.07 Å². The molecule has 1 aromatic carbocycles. The summed E-state index contributed by atoms with van der Waals surface area (Å²) in [6.45, 7) is 2.41. The van der Waals surface area contributed by atoms with Crippen molar-refractivity contribution in [3.8, 4) is 5.75 Å². The average molecular weight is 392 g/mol. The van der Waals surface area contributed by atoms with E-state index in [4.69, 9.17) is 10.5 Å². The fraction of sp³-hybridized carbons (Fsp3) is 0.562. The van der Waals surface area contributed by atoms with E-state index in [2.05, 4.69) is 21.2 Å². The molecular weight excluding hydrogens is 368 g/mol. The Hall–Kier alpha value is -0.780. The minimum Gasteiger partial charge on any atom is -0.492 e. The third kappa shape index (κ3) is 6.15. The smallest absolute Gasteiger partial charge is 0.223 e. The number of benzene rings is 1. The second kappa shape index (κ2) is 9.38. The number of nitrogens with two attached hydrogens (primary N) is 1. The van der Waals surface area contributed by atoms with Gasteiger partial charge in [-0.3, -0.25) is 4.79 Å². The molecule has 0 radical (unpaired) electrons. The van der Waals surface area contributed by atoms with E-state index in [-0.39, 0.29) is 24.4 Å². The number of amides is 1. The normalized spacial score (nSPS) is 20.9. The first-order valence-corrected chi connectivity index (χ1v) is 8.28. The van der Waals surface area contributed by atoms with E-state index in [1.165, 1.54) is 5.56 Å². The van der Waals surface area contributed by atoms with E-state index in [0.717, 1.165) is 35.9 Å². The predicted octanol–water partition coefficient (Wildman–Crippen LogP) is 3.33. The Morgan fingerprint density at radius 2 is 2.05 bits per heavy atom. The Labute approximate surface area is 146 Å². The summed E-state index contributed by atoms with van der Waals surface area (Å²) >= 11 is 3.46. The topological polar surface area (TPSA) is 64.3 Å². The number of nitrogens with one attached hydrogen (secondary N) is 1. The van der Waals surface area contributed by atoms with Crippen LogP contribution in [-0.4, -0.2) is 24.6 Å².